The summed E-state index contributed by atoms with van der Waals surface area (Å²) in [4.78, 5) is 25.5. The van der Waals surface area contributed by atoms with E-state index in [-0.39, 0.29) is 23.1 Å². The molecule has 1 aliphatic carbocycles. The molecule has 8 heteroatoms. The van der Waals surface area contributed by atoms with E-state index in [2.05, 4.69) is 28.9 Å². The van der Waals surface area contributed by atoms with E-state index in [4.69, 9.17) is 5.73 Å². The smallest absolute Gasteiger partial charge is 0.295 e. The van der Waals surface area contributed by atoms with E-state index in [0.717, 1.165) is 18.5 Å². The van der Waals surface area contributed by atoms with Gasteiger partial charge in [-0.3, -0.25) is 14.9 Å². The van der Waals surface area contributed by atoms with E-state index in [0.29, 0.717) is 46.3 Å². The van der Waals surface area contributed by atoms with E-state index in [1.807, 2.05) is 11.8 Å². The Morgan fingerprint density at radius 1 is 1.43 bits per heavy atom. The number of nitrogens with zero attached hydrogens (tertiary/aromatic N) is 3. The van der Waals surface area contributed by atoms with Crippen LogP contribution in [-0.4, -0.2) is 10.7 Å². The zero-order valence-electron chi connectivity index (χ0n) is 15.8. The summed E-state index contributed by atoms with van der Waals surface area (Å²) in [6, 6.07) is 5.29. The van der Waals surface area contributed by atoms with Crippen LogP contribution in [0.25, 0.3) is 0 Å². The Kier molecular flexibility index (Phi) is 5.57. The molecular weight excluding hydrogens is 424 g/mol. The van der Waals surface area contributed by atoms with Crippen LogP contribution in [0.5, 0.6) is 0 Å². The van der Waals surface area contributed by atoms with E-state index in [9.17, 15) is 20.2 Å². The molecule has 1 atom stereocenters. The fraction of sp³-hybridized carbons (Fsp3) is 0.400. The van der Waals surface area contributed by atoms with Crippen LogP contribution in [0.3, 0.4) is 0 Å². The highest BCUT2D eigenvalue weighted by Crippen LogP contribution is 2.45. The van der Waals surface area contributed by atoms with Crippen molar-refractivity contribution in [3.63, 3.8) is 0 Å². The molecule has 146 valence electrons. The molecule has 0 aromatic heterocycles. The number of allylic oxidation sites excluding steroid dienone is 4. The summed E-state index contributed by atoms with van der Waals surface area (Å²) in [7, 11) is 0. The number of nitro groups is 1. The largest absolute Gasteiger partial charge is 0.392 e. The van der Waals surface area contributed by atoms with Crippen LogP contribution in [0.15, 0.2) is 39.1 Å². The van der Waals surface area contributed by atoms with E-state index in [1.54, 1.807) is 6.07 Å². The first-order valence-electron chi connectivity index (χ1n) is 9.17. The molecule has 0 saturated heterocycles. The number of benzene rings is 1. The predicted molar refractivity (Wildman–Crippen MR) is 110 cm³/mol. The summed E-state index contributed by atoms with van der Waals surface area (Å²) in [6.07, 6.45) is 3.45. The number of halogens is 1. The van der Waals surface area contributed by atoms with E-state index >= 15 is 0 Å². The Balaban J connectivity index is 2.19. The minimum absolute atomic E-state index is 0.0469. The van der Waals surface area contributed by atoms with Crippen molar-refractivity contribution in [2.75, 3.05) is 10.6 Å². The molecule has 0 amide bonds. The lowest BCUT2D eigenvalue weighted by molar-refractivity contribution is -0.383. The molecule has 1 aliphatic heterocycles. The normalized spacial score (nSPS) is 19.6. The second kappa shape index (κ2) is 7.76. The van der Waals surface area contributed by atoms with Gasteiger partial charge >= 0.3 is 0 Å². The second-order valence-corrected chi connectivity index (χ2v) is 8.07. The Bertz CT molecular complexity index is 974. The number of nitro benzene ring substituents is 1. The number of carbonyl (C=O) groups excluding carboxylic acids is 1. The van der Waals surface area contributed by atoms with Crippen LogP contribution < -0.4 is 10.6 Å². The Labute approximate surface area is 171 Å². The number of nitriles is 1. The lowest BCUT2D eigenvalue weighted by Gasteiger charge is -2.39. The molecule has 0 radical (unpaired) electrons. The van der Waals surface area contributed by atoms with Crippen LogP contribution in [0.4, 0.5) is 17.1 Å². The summed E-state index contributed by atoms with van der Waals surface area (Å²) < 4.78 is 0.406. The highest BCUT2D eigenvalue weighted by molar-refractivity contribution is 9.10. The SMILES string of the molecule is CCCC1CC(=O)C2=C(C1)N(c1cc(Br)c(N)c([N+](=O)[O-])c1)C(C)=C(C#N)C2. The summed E-state index contributed by atoms with van der Waals surface area (Å²) in [5, 5.41) is 21.0. The van der Waals surface area contributed by atoms with Crippen LogP contribution in [-0.2, 0) is 4.79 Å². The number of hydrogen-bond acceptors (Lipinski definition) is 6. The fourth-order valence-electron chi connectivity index (χ4n) is 4.04. The first-order chi connectivity index (χ1) is 13.3. The van der Waals surface area contributed by atoms with Gasteiger partial charge in [0, 0.05) is 40.3 Å². The average Bonchev–Trinajstić information content (AvgIpc) is 2.63. The van der Waals surface area contributed by atoms with Crippen molar-refractivity contribution in [3.8, 4) is 6.07 Å². The fourth-order valence-corrected chi connectivity index (χ4v) is 4.47. The third-order valence-corrected chi connectivity index (χ3v) is 6.07. The van der Waals surface area contributed by atoms with Crippen LogP contribution in [0, 0.1) is 27.4 Å². The van der Waals surface area contributed by atoms with Crippen molar-refractivity contribution < 1.29 is 9.72 Å². The number of ketones is 1. The van der Waals surface area contributed by atoms with Gasteiger partial charge < -0.3 is 10.6 Å². The molecule has 28 heavy (non-hydrogen) atoms. The average molecular weight is 445 g/mol. The number of Topliss-reactive ketones (excluding diaryl/α,β-unsaturated/α-hetero) is 1. The summed E-state index contributed by atoms with van der Waals surface area (Å²) in [6.45, 7) is 3.90. The maximum absolute atomic E-state index is 12.8. The third-order valence-electron chi connectivity index (χ3n) is 5.42. The highest BCUT2D eigenvalue weighted by atomic mass is 79.9. The molecule has 1 aromatic carbocycles. The van der Waals surface area contributed by atoms with Crippen molar-refractivity contribution in [1.29, 1.82) is 5.26 Å². The van der Waals surface area contributed by atoms with Gasteiger partial charge in [-0.05, 0) is 47.7 Å². The third kappa shape index (κ3) is 3.42. The molecule has 1 aromatic rings. The Morgan fingerprint density at radius 3 is 2.75 bits per heavy atom. The van der Waals surface area contributed by atoms with Gasteiger partial charge in [0.2, 0.25) is 0 Å². The molecule has 0 saturated carbocycles. The first kappa shape index (κ1) is 20.1. The van der Waals surface area contributed by atoms with Gasteiger partial charge in [-0.1, -0.05) is 13.3 Å². The van der Waals surface area contributed by atoms with Crippen molar-refractivity contribution in [2.24, 2.45) is 5.92 Å². The van der Waals surface area contributed by atoms with Gasteiger partial charge in [-0.2, -0.15) is 5.26 Å². The van der Waals surface area contributed by atoms with Gasteiger partial charge in [0.15, 0.2) is 5.78 Å². The molecule has 1 heterocycles. The number of hydrogen-bond donors (Lipinski definition) is 1. The van der Waals surface area contributed by atoms with Gasteiger partial charge in [0.05, 0.1) is 22.3 Å². The molecule has 7 nitrogen and oxygen atoms in total. The number of carbonyl (C=O) groups is 1. The van der Waals surface area contributed by atoms with Crippen LogP contribution in [0.1, 0.15) is 46.0 Å². The van der Waals surface area contributed by atoms with Crippen molar-refractivity contribution in [2.45, 2.75) is 46.0 Å². The molecule has 1 unspecified atom stereocenters. The predicted octanol–water partition coefficient (Wildman–Crippen LogP) is 4.98. The Morgan fingerprint density at radius 2 is 2.14 bits per heavy atom. The topological polar surface area (TPSA) is 113 Å². The number of rotatable bonds is 4. The maximum atomic E-state index is 12.8. The second-order valence-electron chi connectivity index (χ2n) is 7.22. The van der Waals surface area contributed by atoms with Crippen molar-refractivity contribution in [3.05, 3.63) is 49.3 Å². The van der Waals surface area contributed by atoms with Crippen LogP contribution >= 0.6 is 15.9 Å². The zero-order valence-corrected chi connectivity index (χ0v) is 17.4. The molecule has 0 fully saturated rings. The maximum Gasteiger partial charge on any atom is 0.295 e. The molecule has 2 N–H and O–H groups in total. The first-order valence-corrected chi connectivity index (χ1v) is 9.96. The van der Waals surface area contributed by atoms with Gasteiger partial charge in [-0.25, -0.2) is 0 Å². The lowest BCUT2D eigenvalue weighted by atomic mass is 9.79. The van der Waals surface area contributed by atoms with Gasteiger partial charge in [-0.15, -0.1) is 0 Å². The minimum Gasteiger partial charge on any atom is -0.392 e. The molecule has 0 bridgehead atoms. The summed E-state index contributed by atoms with van der Waals surface area (Å²) in [5.41, 5.74) is 8.88. The van der Waals surface area contributed by atoms with E-state index < -0.39 is 4.92 Å². The molecule has 2 aliphatic rings. The Hall–Kier alpha value is -2.66. The number of anilines is 2. The molecule has 0 spiro atoms. The highest BCUT2D eigenvalue weighted by Gasteiger charge is 2.36. The van der Waals surface area contributed by atoms with E-state index in [1.165, 1.54) is 6.07 Å². The number of nitrogen functional groups attached to an aromatic ring is 1. The molecular formula is C20H21BrN4O3. The monoisotopic (exact) mass is 444 g/mol. The lowest BCUT2D eigenvalue weighted by Crippen LogP contribution is -2.34. The van der Waals surface area contributed by atoms with Crippen molar-refractivity contribution in [1.82, 2.24) is 0 Å². The zero-order chi connectivity index (χ0) is 20.6. The standard InChI is InChI=1S/C20H21BrN4O3/c1-3-4-12-5-17-15(19(26)6-12)7-13(10-22)11(2)24(17)14-8-16(21)20(23)18(9-14)25(27)28/h8-9,12H,3-7,23H2,1-2H3. The van der Waals surface area contributed by atoms with Crippen molar-refractivity contribution >= 4 is 38.8 Å². The summed E-state index contributed by atoms with van der Waals surface area (Å²) >= 11 is 3.30. The quantitative estimate of drug-likeness (QED) is 0.397. The van der Waals surface area contributed by atoms with Crippen LogP contribution in [0.2, 0.25) is 0 Å². The molecule has 3 rings (SSSR count). The summed E-state index contributed by atoms with van der Waals surface area (Å²) in [5.74, 6) is 0.302. The van der Waals surface area contributed by atoms with Gasteiger partial charge in [0.25, 0.3) is 5.69 Å². The minimum atomic E-state index is -0.529. The van der Waals surface area contributed by atoms with Gasteiger partial charge in [0.1, 0.15) is 5.69 Å². The number of nitrogens with two attached hydrogens (primary N) is 1.